The highest BCUT2D eigenvalue weighted by molar-refractivity contribution is 5.75. The Morgan fingerprint density at radius 3 is 1.94 bits per heavy atom. The number of rotatable bonds is 3. The first-order chi connectivity index (χ1) is 8.35. The van der Waals surface area contributed by atoms with Gasteiger partial charge in [0.1, 0.15) is 0 Å². The summed E-state index contributed by atoms with van der Waals surface area (Å²) in [5.74, 6) is -0.765. The van der Waals surface area contributed by atoms with Crippen molar-refractivity contribution >= 4 is 11.9 Å². The number of aliphatic carboxylic acids is 1. The summed E-state index contributed by atoms with van der Waals surface area (Å²) in [6.45, 7) is 5.72. The maximum atomic E-state index is 10.8. The van der Waals surface area contributed by atoms with Gasteiger partial charge in [0.15, 0.2) is 0 Å². The number of hydrogen-bond donors (Lipinski definition) is 1. The van der Waals surface area contributed by atoms with Gasteiger partial charge in [-0.05, 0) is 33.1 Å². The van der Waals surface area contributed by atoms with Gasteiger partial charge in [-0.3, -0.25) is 9.59 Å². The highest BCUT2D eigenvalue weighted by atomic mass is 16.5. The molecule has 0 radical (unpaired) electrons. The number of ether oxygens (including phenoxy) is 1. The van der Waals surface area contributed by atoms with Crippen LogP contribution < -0.4 is 0 Å². The second-order valence-electron chi connectivity index (χ2n) is 5.40. The van der Waals surface area contributed by atoms with E-state index in [1.165, 1.54) is 13.5 Å². The lowest BCUT2D eigenvalue weighted by Crippen LogP contribution is -2.24. The maximum absolute atomic E-state index is 10.8. The van der Waals surface area contributed by atoms with Crippen LogP contribution in [0.2, 0.25) is 0 Å². The fourth-order valence-electron chi connectivity index (χ4n) is 1.77. The first-order valence-electron chi connectivity index (χ1n) is 6.66. The predicted octanol–water partition coefficient (Wildman–Crippen LogP) is 3.25. The number of carbonyl (C=O) groups is 2. The minimum absolute atomic E-state index is 0.0289. The van der Waals surface area contributed by atoms with E-state index < -0.39 is 5.97 Å². The van der Waals surface area contributed by atoms with Crippen LogP contribution >= 0.6 is 0 Å². The molecule has 0 unspecified atom stereocenters. The van der Waals surface area contributed by atoms with Crippen molar-refractivity contribution in [1.29, 1.82) is 0 Å². The standard InChI is InChI=1S/C7H12O2.C7H14O2/c8-7(9)6-4-2-1-3-5-6;1-5-7(2,3)6(8)9-4/h6H,1-5H2,(H,8,9);5H2,1-4H3. The van der Waals surface area contributed by atoms with E-state index in [4.69, 9.17) is 5.11 Å². The minimum Gasteiger partial charge on any atom is -0.481 e. The number of esters is 1. The molecule has 0 aliphatic heterocycles. The van der Waals surface area contributed by atoms with Gasteiger partial charge in [0.05, 0.1) is 18.4 Å². The first-order valence-corrected chi connectivity index (χ1v) is 6.66. The van der Waals surface area contributed by atoms with E-state index in [-0.39, 0.29) is 17.3 Å². The SMILES string of the molecule is CCC(C)(C)C(=O)OC.O=C(O)C1CCCCC1. The van der Waals surface area contributed by atoms with Gasteiger partial charge in [-0.1, -0.05) is 26.2 Å². The smallest absolute Gasteiger partial charge is 0.311 e. The number of carboxylic acid groups (broad SMARTS) is 1. The quantitative estimate of drug-likeness (QED) is 0.789. The van der Waals surface area contributed by atoms with E-state index in [2.05, 4.69) is 4.74 Å². The highest BCUT2D eigenvalue weighted by Gasteiger charge is 2.25. The van der Waals surface area contributed by atoms with Gasteiger partial charge >= 0.3 is 11.9 Å². The summed E-state index contributed by atoms with van der Waals surface area (Å²) in [6, 6.07) is 0. The lowest BCUT2D eigenvalue weighted by atomic mass is 9.90. The summed E-state index contributed by atoms with van der Waals surface area (Å²) >= 11 is 0. The monoisotopic (exact) mass is 258 g/mol. The Labute approximate surface area is 110 Å². The molecular formula is C14H26O4. The number of methoxy groups -OCH3 is 1. The maximum Gasteiger partial charge on any atom is 0.311 e. The van der Waals surface area contributed by atoms with Crippen molar-refractivity contribution in [3.05, 3.63) is 0 Å². The summed E-state index contributed by atoms with van der Waals surface area (Å²) in [5.41, 5.74) is -0.311. The van der Waals surface area contributed by atoms with Crippen molar-refractivity contribution in [3.8, 4) is 0 Å². The molecule has 0 aromatic carbocycles. The fourth-order valence-corrected chi connectivity index (χ4v) is 1.77. The molecule has 1 fully saturated rings. The van der Waals surface area contributed by atoms with E-state index in [9.17, 15) is 9.59 Å². The molecule has 0 aromatic rings. The van der Waals surface area contributed by atoms with Crippen molar-refractivity contribution in [2.24, 2.45) is 11.3 Å². The lowest BCUT2D eigenvalue weighted by Gasteiger charge is -2.17. The van der Waals surface area contributed by atoms with Gasteiger partial charge in [0.2, 0.25) is 0 Å². The fraction of sp³-hybridized carbons (Fsp3) is 0.857. The van der Waals surface area contributed by atoms with E-state index in [0.29, 0.717) is 0 Å². The zero-order valence-electron chi connectivity index (χ0n) is 12.0. The summed E-state index contributed by atoms with van der Waals surface area (Å²) in [4.78, 5) is 21.2. The molecule has 0 aromatic heterocycles. The Morgan fingerprint density at radius 1 is 1.22 bits per heavy atom. The summed E-state index contributed by atoms with van der Waals surface area (Å²) in [7, 11) is 1.42. The van der Waals surface area contributed by atoms with Gasteiger partial charge in [-0.15, -0.1) is 0 Å². The van der Waals surface area contributed by atoms with Gasteiger partial charge < -0.3 is 9.84 Å². The average molecular weight is 258 g/mol. The molecule has 1 aliphatic carbocycles. The van der Waals surface area contributed by atoms with Crippen LogP contribution in [0.5, 0.6) is 0 Å². The van der Waals surface area contributed by atoms with E-state index in [1.54, 1.807) is 0 Å². The third-order valence-electron chi connectivity index (χ3n) is 3.58. The largest absolute Gasteiger partial charge is 0.481 e. The Morgan fingerprint density at radius 2 is 1.72 bits per heavy atom. The topological polar surface area (TPSA) is 63.6 Å². The normalized spacial score (nSPS) is 16.4. The third kappa shape index (κ3) is 6.03. The molecule has 4 nitrogen and oxygen atoms in total. The Balaban J connectivity index is 0.000000321. The molecule has 4 heteroatoms. The Kier molecular flexibility index (Phi) is 7.64. The average Bonchev–Trinajstić information content (AvgIpc) is 2.39. The Bertz CT molecular complexity index is 265. The van der Waals surface area contributed by atoms with Crippen LogP contribution in [0.1, 0.15) is 59.3 Å². The van der Waals surface area contributed by atoms with Crippen molar-refractivity contribution in [2.45, 2.75) is 59.3 Å². The second-order valence-corrected chi connectivity index (χ2v) is 5.40. The molecule has 0 bridgehead atoms. The van der Waals surface area contributed by atoms with Crippen LogP contribution in [-0.2, 0) is 14.3 Å². The highest BCUT2D eigenvalue weighted by Crippen LogP contribution is 2.23. The van der Waals surface area contributed by atoms with Gasteiger partial charge in [0.25, 0.3) is 0 Å². The van der Waals surface area contributed by atoms with Gasteiger partial charge in [-0.2, -0.15) is 0 Å². The van der Waals surface area contributed by atoms with Crippen molar-refractivity contribution in [1.82, 2.24) is 0 Å². The van der Waals surface area contributed by atoms with Crippen LogP contribution in [0.25, 0.3) is 0 Å². The van der Waals surface area contributed by atoms with Gasteiger partial charge in [0, 0.05) is 0 Å². The van der Waals surface area contributed by atoms with Crippen molar-refractivity contribution in [3.63, 3.8) is 0 Å². The molecule has 0 heterocycles. The molecule has 1 aliphatic rings. The van der Waals surface area contributed by atoms with Crippen LogP contribution in [0.4, 0.5) is 0 Å². The minimum atomic E-state index is -0.602. The van der Waals surface area contributed by atoms with E-state index in [1.807, 2.05) is 20.8 Å². The summed E-state index contributed by atoms with van der Waals surface area (Å²) in [5, 5.41) is 8.54. The molecule has 1 N–H and O–H groups in total. The predicted molar refractivity (Wildman–Crippen MR) is 70.3 cm³/mol. The van der Waals surface area contributed by atoms with Crippen molar-refractivity contribution in [2.75, 3.05) is 7.11 Å². The zero-order chi connectivity index (χ0) is 14.2. The van der Waals surface area contributed by atoms with Crippen molar-refractivity contribution < 1.29 is 19.4 Å². The molecule has 0 amide bonds. The van der Waals surface area contributed by atoms with Gasteiger partial charge in [-0.25, -0.2) is 0 Å². The molecule has 18 heavy (non-hydrogen) atoms. The van der Waals surface area contributed by atoms with Crippen LogP contribution in [0.3, 0.4) is 0 Å². The van der Waals surface area contributed by atoms with Crippen LogP contribution in [0.15, 0.2) is 0 Å². The molecule has 0 saturated heterocycles. The molecule has 0 spiro atoms. The molecule has 1 saturated carbocycles. The Hall–Kier alpha value is -1.06. The van der Waals surface area contributed by atoms with E-state index >= 15 is 0 Å². The summed E-state index contributed by atoms with van der Waals surface area (Å²) < 4.78 is 4.57. The number of carbonyl (C=O) groups excluding carboxylic acids is 1. The molecular weight excluding hydrogens is 232 g/mol. The lowest BCUT2D eigenvalue weighted by molar-refractivity contribution is -0.150. The second kappa shape index (κ2) is 8.11. The number of hydrogen-bond acceptors (Lipinski definition) is 3. The number of carboxylic acids is 1. The third-order valence-corrected chi connectivity index (χ3v) is 3.58. The molecule has 1 rings (SSSR count). The molecule has 106 valence electrons. The zero-order valence-corrected chi connectivity index (χ0v) is 12.0. The first kappa shape index (κ1) is 16.9. The van der Waals surface area contributed by atoms with E-state index in [0.717, 1.165) is 32.1 Å². The summed E-state index contributed by atoms with van der Waals surface area (Å²) in [6.07, 6.45) is 6.06. The van der Waals surface area contributed by atoms with Crippen LogP contribution in [-0.4, -0.2) is 24.2 Å². The van der Waals surface area contributed by atoms with Crippen LogP contribution in [0, 0.1) is 11.3 Å². The molecule has 0 atom stereocenters.